The van der Waals surface area contributed by atoms with E-state index in [2.05, 4.69) is 25.5 Å². The third kappa shape index (κ3) is 1.72. The van der Waals surface area contributed by atoms with Gasteiger partial charge in [0.05, 0.1) is 29.8 Å². The Kier molecular flexibility index (Phi) is 2.49. The zero-order valence-electron chi connectivity index (χ0n) is 10.2. The lowest BCUT2D eigenvalue weighted by atomic mass is 10.2. The van der Waals surface area contributed by atoms with Gasteiger partial charge in [-0.3, -0.25) is 0 Å². The first-order chi connectivity index (χ1) is 8.78. The van der Waals surface area contributed by atoms with E-state index in [9.17, 15) is 0 Å². The molecular formula is C13H13N5. The first kappa shape index (κ1) is 10.8. The van der Waals surface area contributed by atoms with Crippen LogP contribution in [0.15, 0.2) is 24.7 Å². The molecule has 3 rings (SSSR count). The molecule has 2 aromatic rings. The molecule has 0 saturated heterocycles. The summed E-state index contributed by atoms with van der Waals surface area (Å²) in [6.45, 7) is 4.53. The fourth-order valence-electron chi connectivity index (χ4n) is 2.22. The molecular weight excluding hydrogens is 226 g/mol. The number of pyridine rings is 1. The number of hydrogen-bond acceptors (Lipinski definition) is 4. The Labute approximate surface area is 105 Å². The zero-order chi connectivity index (χ0) is 12.5. The van der Waals surface area contributed by atoms with Gasteiger partial charge >= 0.3 is 0 Å². The molecule has 5 heteroatoms. The van der Waals surface area contributed by atoms with Crippen LogP contribution in [0.5, 0.6) is 0 Å². The molecule has 1 aliphatic heterocycles. The molecule has 0 radical (unpaired) electrons. The van der Waals surface area contributed by atoms with Gasteiger partial charge in [0.1, 0.15) is 11.9 Å². The number of hydrogen-bond donors (Lipinski definition) is 0. The van der Waals surface area contributed by atoms with Crippen LogP contribution in [0, 0.1) is 18.3 Å². The van der Waals surface area contributed by atoms with Gasteiger partial charge < -0.3 is 9.47 Å². The fourth-order valence-corrected chi connectivity index (χ4v) is 2.22. The number of aromatic nitrogens is 3. The van der Waals surface area contributed by atoms with Crippen molar-refractivity contribution in [2.45, 2.75) is 20.0 Å². The summed E-state index contributed by atoms with van der Waals surface area (Å²) in [7, 11) is 0. The Bertz CT molecular complexity index is 623. The normalized spacial score (nSPS) is 14.1. The summed E-state index contributed by atoms with van der Waals surface area (Å²) in [5.41, 5.74) is 2.62. The highest BCUT2D eigenvalue weighted by Crippen LogP contribution is 2.20. The molecule has 0 bridgehead atoms. The van der Waals surface area contributed by atoms with Gasteiger partial charge in [-0.05, 0) is 19.1 Å². The highest BCUT2D eigenvalue weighted by Gasteiger charge is 2.17. The highest BCUT2D eigenvalue weighted by molar-refractivity contribution is 5.45. The zero-order valence-corrected chi connectivity index (χ0v) is 10.2. The summed E-state index contributed by atoms with van der Waals surface area (Å²) >= 11 is 0. The molecule has 0 aliphatic carbocycles. The highest BCUT2D eigenvalue weighted by atomic mass is 15.3. The molecule has 5 nitrogen and oxygen atoms in total. The Hall–Kier alpha value is -2.35. The third-order valence-electron chi connectivity index (χ3n) is 3.28. The van der Waals surface area contributed by atoms with Gasteiger partial charge in [0.15, 0.2) is 0 Å². The quantitative estimate of drug-likeness (QED) is 0.756. The van der Waals surface area contributed by atoms with Crippen LogP contribution >= 0.6 is 0 Å². The van der Waals surface area contributed by atoms with E-state index < -0.39 is 0 Å². The molecule has 0 spiro atoms. The van der Waals surface area contributed by atoms with E-state index in [4.69, 9.17) is 5.26 Å². The summed E-state index contributed by atoms with van der Waals surface area (Å²) < 4.78 is 2.16. The maximum absolute atomic E-state index is 8.91. The minimum Gasteiger partial charge on any atom is -0.349 e. The number of nitrogens with zero attached hydrogens (tertiary/aromatic N) is 5. The third-order valence-corrected chi connectivity index (χ3v) is 3.28. The second-order valence-electron chi connectivity index (χ2n) is 4.41. The number of aryl methyl sites for hydroxylation is 1. The number of nitriles is 1. The summed E-state index contributed by atoms with van der Waals surface area (Å²) in [6, 6.07) is 5.89. The lowest BCUT2D eigenvalue weighted by molar-refractivity contribution is 0.567. The average molecular weight is 239 g/mol. The molecule has 90 valence electrons. The predicted octanol–water partition coefficient (Wildman–Crippen LogP) is 1.48. The Morgan fingerprint density at radius 1 is 1.33 bits per heavy atom. The van der Waals surface area contributed by atoms with Crippen molar-refractivity contribution in [3.8, 4) is 6.07 Å². The second kappa shape index (κ2) is 4.15. The van der Waals surface area contributed by atoms with Crippen LogP contribution < -0.4 is 4.90 Å². The maximum atomic E-state index is 8.91. The molecule has 0 N–H and O–H groups in total. The molecule has 0 aromatic carbocycles. The van der Waals surface area contributed by atoms with Crippen molar-refractivity contribution in [3.05, 3.63) is 41.6 Å². The van der Waals surface area contributed by atoms with Crippen molar-refractivity contribution in [2.75, 3.05) is 11.4 Å². The van der Waals surface area contributed by atoms with Crippen molar-refractivity contribution in [2.24, 2.45) is 0 Å². The molecule has 0 unspecified atom stereocenters. The molecule has 2 aromatic heterocycles. The van der Waals surface area contributed by atoms with E-state index in [1.165, 1.54) is 5.69 Å². The van der Waals surface area contributed by atoms with Gasteiger partial charge in [0.2, 0.25) is 0 Å². The molecule has 18 heavy (non-hydrogen) atoms. The van der Waals surface area contributed by atoms with Crippen LogP contribution in [0.1, 0.15) is 17.0 Å². The summed E-state index contributed by atoms with van der Waals surface area (Å²) in [6.07, 6.45) is 3.76. The SMILES string of the molecule is Cc1nc(N2CCn3cncc3C2)ccc1C#N. The summed E-state index contributed by atoms with van der Waals surface area (Å²) in [5, 5.41) is 8.91. The van der Waals surface area contributed by atoms with Crippen molar-refractivity contribution in [1.29, 1.82) is 5.26 Å². The number of imidazole rings is 1. The summed E-state index contributed by atoms with van der Waals surface area (Å²) in [5.74, 6) is 0.930. The van der Waals surface area contributed by atoms with Crippen molar-refractivity contribution in [3.63, 3.8) is 0 Å². The smallest absolute Gasteiger partial charge is 0.129 e. The van der Waals surface area contributed by atoms with E-state index in [0.29, 0.717) is 5.56 Å². The molecule has 0 saturated carbocycles. The minimum atomic E-state index is 0.640. The molecule has 0 fully saturated rings. The lowest BCUT2D eigenvalue weighted by Gasteiger charge is -2.29. The lowest BCUT2D eigenvalue weighted by Crippen LogP contribution is -2.33. The number of rotatable bonds is 1. The van der Waals surface area contributed by atoms with Gasteiger partial charge in [-0.15, -0.1) is 0 Å². The van der Waals surface area contributed by atoms with Gasteiger partial charge in [-0.25, -0.2) is 9.97 Å². The minimum absolute atomic E-state index is 0.640. The second-order valence-corrected chi connectivity index (χ2v) is 4.41. The van der Waals surface area contributed by atoms with E-state index in [-0.39, 0.29) is 0 Å². The van der Waals surface area contributed by atoms with Gasteiger partial charge in [-0.2, -0.15) is 5.26 Å². The van der Waals surface area contributed by atoms with Crippen molar-refractivity contribution >= 4 is 5.82 Å². The fraction of sp³-hybridized carbons (Fsp3) is 0.308. The average Bonchev–Trinajstić information content (AvgIpc) is 2.85. The van der Waals surface area contributed by atoms with Gasteiger partial charge in [0.25, 0.3) is 0 Å². The van der Waals surface area contributed by atoms with E-state index in [1.54, 1.807) is 0 Å². The van der Waals surface area contributed by atoms with Crippen LogP contribution in [0.4, 0.5) is 5.82 Å². The standard InChI is InChI=1S/C13H13N5/c1-10-11(6-14)2-3-13(16-10)17-4-5-18-9-15-7-12(18)8-17/h2-3,7,9H,4-5,8H2,1H3. The van der Waals surface area contributed by atoms with Crippen LogP contribution in [-0.4, -0.2) is 21.1 Å². The molecule has 1 aliphatic rings. The number of anilines is 1. The maximum Gasteiger partial charge on any atom is 0.129 e. The monoisotopic (exact) mass is 239 g/mol. The van der Waals surface area contributed by atoms with Crippen LogP contribution in [0.25, 0.3) is 0 Å². The number of fused-ring (bicyclic) bond motifs is 1. The van der Waals surface area contributed by atoms with E-state index >= 15 is 0 Å². The topological polar surface area (TPSA) is 57.7 Å². The Balaban J connectivity index is 1.89. The largest absolute Gasteiger partial charge is 0.349 e. The molecule has 3 heterocycles. The predicted molar refractivity (Wildman–Crippen MR) is 67.0 cm³/mol. The van der Waals surface area contributed by atoms with E-state index in [1.807, 2.05) is 31.6 Å². The first-order valence-electron chi connectivity index (χ1n) is 5.89. The molecule has 0 atom stereocenters. The van der Waals surface area contributed by atoms with Gasteiger partial charge in [0, 0.05) is 19.3 Å². The first-order valence-corrected chi connectivity index (χ1v) is 5.89. The van der Waals surface area contributed by atoms with Crippen LogP contribution in [0.3, 0.4) is 0 Å². The van der Waals surface area contributed by atoms with Crippen LogP contribution in [0.2, 0.25) is 0 Å². The van der Waals surface area contributed by atoms with Gasteiger partial charge in [-0.1, -0.05) is 0 Å². The summed E-state index contributed by atoms with van der Waals surface area (Å²) in [4.78, 5) is 10.9. The Morgan fingerprint density at radius 2 is 2.22 bits per heavy atom. The molecule has 0 amide bonds. The van der Waals surface area contributed by atoms with Crippen molar-refractivity contribution < 1.29 is 0 Å². The Morgan fingerprint density at radius 3 is 3.00 bits per heavy atom. The van der Waals surface area contributed by atoms with Crippen LogP contribution in [-0.2, 0) is 13.1 Å². The van der Waals surface area contributed by atoms with E-state index in [0.717, 1.165) is 31.1 Å². The van der Waals surface area contributed by atoms with Crippen molar-refractivity contribution in [1.82, 2.24) is 14.5 Å².